The quantitative estimate of drug-likeness (QED) is 0.619. The highest BCUT2D eigenvalue weighted by Crippen LogP contribution is 2.25. The Morgan fingerprint density at radius 2 is 2.11 bits per heavy atom. The van der Waals surface area contributed by atoms with Crippen LogP contribution in [0.2, 0.25) is 5.02 Å². The van der Waals surface area contributed by atoms with Crippen molar-refractivity contribution in [3.8, 4) is 0 Å². The molecule has 94 valence electrons. The van der Waals surface area contributed by atoms with Crippen LogP contribution >= 0.6 is 11.6 Å². The zero-order chi connectivity index (χ0) is 13.3. The van der Waals surface area contributed by atoms with E-state index >= 15 is 0 Å². The first-order valence-corrected chi connectivity index (χ1v) is 5.82. The van der Waals surface area contributed by atoms with Gasteiger partial charge in [-0.15, -0.1) is 0 Å². The molecule has 1 aromatic heterocycles. The Morgan fingerprint density at radius 1 is 1.39 bits per heavy atom. The molecule has 0 amide bonds. The van der Waals surface area contributed by atoms with Gasteiger partial charge >= 0.3 is 11.6 Å². The van der Waals surface area contributed by atoms with Crippen molar-refractivity contribution in [3.63, 3.8) is 0 Å². The SMILES string of the molecule is CCOC(=O)c1cc(=O)oc2c(C)cc(Cl)cc12. The molecule has 0 fully saturated rings. The molecule has 5 heteroatoms. The number of fused-ring (bicyclic) bond motifs is 1. The standard InChI is InChI=1S/C13H11ClO4/c1-3-17-13(16)10-6-11(15)18-12-7(2)4-8(14)5-9(10)12/h4-6H,3H2,1-2H3. The minimum Gasteiger partial charge on any atom is -0.462 e. The maximum atomic E-state index is 11.8. The van der Waals surface area contributed by atoms with E-state index in [1.165, 1.54) is 0 Å². The van der Waals surface area contributed by atoms with Gasteiger partial charge in [0.15, 0.2) is 0 Å². The number of carbonyl (C=O) groups is 1. The third-order valence-electron chi connectivity index (χ3n) is 2.49. The van der Waals surface area contributed by atoms with Gasteiger partial charge in [0.1, 0.15) is 5.58 Å². The van der Waals surface area contributed by atoms with Crippen molar-refractivity contribution in [1.82, 2.24) is 0 Å². The summed E-state index contributed by atoms with van der Waals surface area (Å²) in [5.41, 5.74) is 0.639. The average molecular weight is 267 g/mol. The average Bonchev–Trinajstić information content (AvgIpc) is 2.29. The number of aryl methyl sites for hydroxylation is 1. The van der Waals surface area contributed by atoms with E-state index in [9.17, 15) is 9.59 Å². The largest absolute Gasteiger partial charge is 0.462 e. The molecule has 0 saturated carbocycles. The second-order valence-electron chi connectivity index (χ2n) is 3.80. The van der Waals surface area contributed by atoms with Crippen LogP contribution in [0.15, 0.2) is 27.4 Å². The second kappa shape index (κ2) is 4.82. The molecule has 2 aromatic rings. The normalized spacial score (nSPS) is 10.6. The molecule has 1 aromatic carbocycles. The van der Waals surface area contributed by atoms with E-state index in [2.05, 4.69) is 0 Å². The minimum absolute atomic E-state index is 0.175. The fourth-order valence-electron chi connectivity index (χ4n) is 1.77. The predicted molar refractivity (Wildman–Crippen MR) is 68.2 cm³/mol. The van der Waals surface area contributed by atoms with Crippen LogP contribution in [0.25, 0.3) is 11.0 Å². The van der Waals surface area contributed by atoms with Crippen molar-refractivity contribution in [3.05, 3.63) is 44.8 Å². The lowest BCUT2D eigenvalue weighted by Crippen LogP contribution is -2.10. The molecule has 0 unspecified atom stereocenters. The van der Waals surface area contributed by atoms with Crippen LogP contribution in [-0.4, -0.2) is 12.6 Å². The topological polar surface area (TPSA) is 56.5 Å². The molecule has 0 aliphatic rings. The van der Waals surface area contributed by atoms with Crippen LogP contribution in [0.1, 0.15) is 22.8 Å². The molecular formula is C13H11ClO4. The van der Waals surface area contributed by atoms with Gasteiger partial charge in [-0.2, -0.15) is 0 Å². The first kappa shape index (κ1) is 12.6. The van der Waals surface area contributed by atoms with Crippen LogP contribution in [-0.2, 0) is 4.74 Å². The molecule has 1 heterocycles. The van der Waals surface area contributed by atoms with E-state index in [1.54, 1.807) is 26.0 Å². The number of rotatable bonds is 2. The maximum absolute atomic E-state index is 11.8. The Kier molecular flexibility index (Phi) is 3.39. The van der Waals surface area contributed by atoms with E-state index < -0.39 is 11.6 Å². The second-order valence-corrected chi connectivity index (χ2v) is 4.24. The van der Waals surface area contributed by atoms with E-state index in [0.717, 1.165) is 6.07 Å². The molecule has 0 atom stereocenters. The molecule has 0 radical (unpaired) electrons. The van der Waals surface area contributed by atoms with Crippen LogP contribution in [0.4, 0.5) is 0 Å². The van der Waals surface area contributed by atoms with Crippen LogP contribution < -0.4 is 5.63 Å². The molecule has 4 nitrogen and oxygen atoms in total. The third kappa shape index (κ3) is 2.24. The summed E-state index contributed by atoms with van der Waals surface area (Å²) in [6, 6.07) is 4.37. The van der Waals surface area contributed by atoms with Gasteiger partial charge in [-0.25, -0.2) is 9.59 Å². The first-order valence-electron chi connectivity index (χ1n) is 5.44. The maximum Gasteiger partial charge on any atom is 0.339 e. The number of hydrogen-bond acceptors (Lipinski definition) is 4. The van der Waals surface area contributed by atoms with Crippen molar-refractivity contribution in [2.45, 2.75) is 13.8 Å². The lowest BCUT2D eigenvalue weighted by molar-refractivity contribution is 0.0528. The molecule has 0 aliphatic carbocycles. The lowest BCUT2D eigenvalue weighted by Gasteiger charge is -2.07. The highest BCUT2D eigenvalue weighted by molar-refractivity contribution is 6.31. The summed E-state index contributed by atoms with van der Waals surface area (Å²) in [6.45, 7) is 3.69. The number of ether oxygens (including phenoxy) is 1. The van der Waals surface area contributed by atoms with Crippen LogP contribution in [0, 0.1) is 6.92 Å². The fraction of sp³-hybridized carbons (Fsp3) is 0.231. The molecule has 2 rings (SSSR count). The predicted octanol–water partition coefficient (Wildman–Crippen LogP) is 2.93. The summed E-state index contributed by atoms with van der Waals surface area (Å²) >= 11 is 5.95. The van der Waals surface area contributed by atoms with Crippen LogP contribution in [0.3, 0.4) is 0 Å². The summed E-state index contributed by atoms with van der Waals surface area (Å²) in [6.07, 6.45) is 0. The fourth-order valence-corrected chi connectivity index (χ4v) is 2.04. The van der Waals surface area contributed by atoms with E-state index in [1.807, 2.05) is 0 Å². The highest BCUT2D eigenvalue weighted by Gasteiger charge is 2.16. The molecule has 18 heavy (non-hydrogen) atoms. The van der Waals surface area contributed by atoms with E-state index in [4.69, 9.17) is 20.8 Å². The van der Waals surface area contributed by atoms with E-state index in [0.29, 0.717) is 21.6 Å². The van der Waals surface area contributed by atoms with Crippen molar-refractivity contribution in [2.24, 2.45) is 0 Å². The van der Waals surface area contributed by atoms with Gasteiger partial charge in [0.2, 0.25) is 0 Å². The van der Waals surface area contributed by atoms with Gasteiger partial charge in [0.25, 0.3) is 0 Å². The lowest BCUT2D eigenvalue weighted by atomic mass is 10.1. The highest BCUT2D eigenvalue weighted by atomic mass is 35.5. The Balaban J connectivity index is 2.80. The summed E-state index contributed by atoms with van der Waals surface area (Å²) < 4.78 is 10.0. The van der Waals surface area contributed by atoms with Gasteiger partial charge in [-0.3, -0.25) is 0 Å². The van der Waals surface area contributed by atoms with Crippen molar-refractivity contribution < 1.29 is 13.9 Å². The smallest absolute Gasteiger partial charge is 0.339 e. The monoisotopic (exact) mass is 266 g/mol. The summed E-state index contributed by atoms with van der Waals surface area (Å²) in [5, 5.41) is 0.956. The Bertz CT molecular complexity index is 672. The van der Waals surface area contributed by atoms with Crippen molar-refractivity contribution >= 4 is 28.5 Å². The molecule has 0 spiro atoms. The number of esters is 1. The van der Waals surface area contributed by atoms with Gasteiger partial charge < -0.3 is 9.15 Å². The number of benzene rings is 1. The van der Waals surface area contributed by atoms with Gasteiger partial charge in [0.05, 0.1) is 12.2 Å². The zero-order valence-corrected chi connectivity index (χ0v) is 10.7. The van der Waals surface area contributed by atoms with E-state index in [-0.39, 0.29) is 12.2 Å². The zero-order valence-electron chi connectivity index (χ0n) is 9.95. The number of halogens is 1. The Hall–Kier alpha value is -1.81. The minimum atomic E-state index is -0.587. The Labute approximate surface area is 108 Å². The number of carbonyl (C=O) groups excluding carboxylic acids is 1. The van der Waals surface area contributed by atoms with Crippen molar-refractivity contribution in [2.75, 3.05) is 6.61 Å². The first-order chi connectivity index (χ1) is 8.52. The van der Waals surface area contributed by atoms with Gasteiger partial charge in [-0.1, -0.05) is 11.6 Å². The summed E-state index contributed by atoms with van der Waals surface area (Å²) in [4.78, 5) is 23.2. The summed E-state index contributed by atoms with van der Waals surface area (Å²) in [5.74, 6) is -0.558. The Morgan fingerprint density at radius 3 is 2.78 bits per heavy atom. The number of hydrogen-bond donors (Lipinski definition) is 0. The van der Waals surface area contributed by atoms with Crippen molar-refractivity contribution in [1.29, 1.82) is 0 Å². The molecule has 0 aliphatic heterocycles. The molecule has 0 saturated heterocycles. The molecule has 0 N–H and O–H groups in total. The van der Waals surface area contributed by atoms with Gasteiger partial charge in [-0.05, 0) is 31.5 Å². The van der Waals surface area contributed by atoms with Crippen LogP contribution in [0.5, 0.6) is 0 Å². The van der Waals surface area contributed by atoms with Gasteiger partial charge in [0, 0.05) is 16.5 Å². The molecule has 0 bridgehead atoms. The summed E-state index contributed by atoms with van der Waals surface area (Å²) in [7, 11) is 0. The third-order valence-corrected chi connectivity index (χ3v) is 2.71. The molecular weight excluding hydrogens is 256 g/mol.